The fourth-order valence-corrected chi connectivity index (χ4v) is 1.69. The van der Waals surface area contributed by atoms with Crippen LogP contribution in [0, 0.1) is 10.1 Å². The molecule has 1 aromatic heterocycles. The Morgan fingerprint density at radius 1 is 1.40 bits per heavy atom. The third kappa shape index (κ3) is 2.83. The van der Waals surface area contributed by atoms with Gasteiger partial charge < -0.3 is 9.84 Å². The van der Waals surface area contributed by atoms with Crippen molar-refractivity contribution in [2.24, 2.45) is 0 Å². The molecule has 20 heavy (non-hydrogen) atoms. The Morgan fingerprint density at radius 2 is 2.15 bits per heavy atom. The average Bonchev–Trinajstić information content (AvgIpc) is 2.38. The van der Waals surface area contributed by atoms with Crippen LogP contribution in [0.4, 0.5) is 5.69 Å². The second-order valence-electron chi connectivity index (χ2n) is 3.63. The van der Waals surface area contributed by atoms with E-state index in [0.29, 0.717) is 0 Å². The molecule has 1 aromatic carbocycles. The van der Waals surface area contributed by atoms with E-state index in [9.17, 15) is 14.9 Å². The summed E-state index contributed by atoms with van der Waals surface area (Å²) in [6.07, 6.45) is 1.37. The number of hydrogen-bond acceptors (Lipinski definition) is 5. The molecule has 102 valence electrons. The summed E-state index contributed by atoms with van der Waals surface area (Å²) >= 11 is 5.73. The molecular formula is C12H7ClN2O5. The van der Waals surface area contributed by atoms with Crippen molar-refractivity contribution in [3.05, 3.63) is 57.2 Å². The largest absolute Gasteiger partial charge is 0.477 e. The minimum absolute atomic E-state index is 0.111. The van der Waals surface area contributed by atoms with Gasteiger partial charge in [-0.25, -0.2) is 9.78 Å². The molecule has 0 fully saturated rings. The van der Waals surface area contributed by atoms with E-state index in [0.717, 1.165) is 0 Å². The number of benzene rings is 1. The molecule has 0 bridgehead atoms. The van der Waals surface area contributed by atoms with Crippen LogP contribution >= 0.6 is 11.6 Å². The number of carboxylic acids is 1. The molecule has 2 rings (SSSR count). The van der Waals surface area contributed by atoms with Gasteiger partial charge in [0.2, 0.25) is 5.88 Å². The molecule has 0 radical (unpaired) electrons. The molecule has 7 nitrogen and oxygen atoms in total. The second-order valence-corrected chi connectivity index (χ2v) is 4.04. The topological polar surface area (TPSA) is 103 Å². The Hall–Kier alpha value is -2.67. The van der Waals surface area contributed by atoms with Gasteiger partial charge in [0, 0.05) is 18.3 Å². The Morgan fingerprint density at radius 3 is 2.75 bits per heavy atom. The smallest absolute Gasteiger partial charge is 0.341 e. The van der Waals surface area contributed by atoms with Crippen molar-refractivity contribution < 1.29 is 19.6 Å². The molecule has 0 atom stereocenters. The quantitative estimate of drug-likeness (QED) is 0.686. The summed E-state index contributed by atoms with van der Waals surface area (Å²) in [6.45, 7) is 0. The summed E-state index contributed by atoms with van der Waals surface area (Å²) in [7, 11) is 0. The number of carbonyl (C=O) groups is 1. The van der Waals surface area contributed by atoms with Crippen LogP contribution in [0.15, 0.2) is 36.5 Å². The second kappa shape index (κ2) is 5.54. The highest BCUT2D eigenvalue weighted by Crippen LogP contribution is 2.31. The van der Waals surface area contributed by atoms with Gasteiger partial charge in [-0.1, -0.05) is 11.6 Å². The number of carboxylic acid groups (broad SMARTS) is 1. The van der Waals surface area contributed by atoms with Gasteiger partial charge in [-0.15, -0.1) is 0 Å². The lowest BCUT2D eigenvalue weighted by atomic mass is 10.2. The maximum absolute atomic E-state index is 11.0. The highest BCUT2D eigenvalue weighted by Gasteiger charge is 2.16. The zero-order chi connectivity index (χ0) is 14.7. The Bertz CT molecular complexity index is 689. The third-order valence-electron chi connectivity index (χ3n) is 2.33. The Balaban J connectivity index is 2.34. The van der Waals surface area contributed by atoms with Crippen molar-refractivity contribution in [1.82, 2.24) is 4.98 Å². The van der Waals surface area contributed by atoms with Crippen molar-refractivity contribution in [3.63, 3.8) is 0 Å². The molecule has 0 aliphatic carbocycles. The average molecular weight is 295 g/mol. The predicted molar refractivity (Wildman–Crippen MR) is 69.4 cm³/mol. The molecule has 0 unspecified atom stereocenters. The maximum Gasteiger partial charge on any atom is 0.341 e. The van der Waals surface area contributed by atoms with Crippen LogP contribution in [-0.4, -0.2) is 21.0 Å². The van der Waals surface area contributed by atoms with E-state index >= 15 is 0 Å². The molecule has 0 saturated heterocycles. The summed E-state index contributed by atoms with van der Waals surface area (Å²) in [5.74, 6) is -1.16. The number of nitro benzene ring substituents is 1. The van der Waals surface area contributed by atoms with Crippen LogP contribution in [0.5, 0.6) is 11.6 Å². The van der Waals surface area contributed by atoms with E-state index in [2.05, 4.69) is 4.98 Å². The van der Waals surface area contributed by atoms with Gasteiger partial charge in [-0.05, 0) is 18.2 Å². The number of aromatic carboxylic acids is 1. The van der Waals surface area contributed by atoms with E-state index < -0.39 is 10.9 Å². The standard InChI is InChI=1S/C12H7ClN2O5/c13-9-6-7(3-4-10(9)15(18)19)20-11-8(12(16)17)2-1-5-14-11/h1-6H,(H,16,17). The molecule has 0 saturated carbocycles. The maximum atomic E-state index is 11.0. The number of pyridine rings is 1. The van der Waals surface area contributed by atoms with Crippen LogP contribution < -0.4 is 4.74 Å². The van der Waals surface area contributed by atoms with Crippen molar-refractivity contribution in [2.75, 3.05) is 0 Å². The van der Waals surface area contributed by atoms with Crippen LogP contribution in [0.3, 0.4) is 0 Å². The molecule has 0 aliphatic rings. The first-order chi connectivity index (χ1) is 9.49. The summed E-state index contributed by atoms with van der Waals surface area (Å²) < 4.78 is 5.29. The summed E-state index contributed by atoms with van der Waals surface area (Å²) in [4.78, 5) is 24.8. The van der Waals surface area contributed by atoms with Crippen molar-refractivity contribution in [3.8, 4) is 11.6 Å². The molecule has 1 N–H and O–H groups in total. The lowest BCUT2D eigenvalue weighted by molar-refractivity contribution is -0.384. The normalized spacial score (nSPS) is 10.1. The highest BCUT2D eigenvalue weighted by atomic mass is 35.5. The first-order valence-electron chi connectivity index (χ1n) is 5.29. The number of aromatic nitrogens is 1. The number of nitro groups is 1. The third-order valence-corrected chi connectivity index (χ3v) is 2.63. The zero-order valence-corrected chi connectivity index (χ0v) is 10.6. The van der Waals surface area contributed by atoms with Gasteiger partial charge in [0.15, 0.2) is 0 Å². The highest BCUT2D eigenvalue weighted by molar-refractivity contribution is 6.32. The number of nitrogens with zero attached hydrogens (tertiary/aromatic N) is 2. The summed E-state index contributed by atoms with van der Waals surface area (Å²) in [5, 5.41) is 19.5. The van der Waals surface area contributed by atoms with E-state index in [1.807, 2.05) is 0 Å². The monoisotopic (exact) mass is 294 g/mol. The van der Waals surface area contributed by atoms with Crippen LogP contribution in [-0.2, 0) is 0 Å². The lowest BCUT2D eigenvalue weighted by Gasteiger charge is -2.07. The van der Waals surface area contributed by atoms with Gasteiger partial charge in [0.1, 0.15) is 16.3 Å². The summed E-state index contributed by atoms with van der Waals surface area (Å²) in [5.41, 5.74) is -0.388. The molecule has 2 aromatic rings. The SMILES string of the molecule is O=C(O)c1cccnc1Oc1ccc([N+](=O)[O-])c(Cl)c1. The van der Waals surface area contributed by atoms with Crippen LogP contribution in [0.1, 0.15) is 10.4 Å². The van der Waals surface area contributed by atoms with Crippen LogP contribution in [0.25, 0.3) is 0 Å². The number of halogens is 1. The lowest BCUT2D eigenvalue weighted by Crippen LogP contribution is -2.01. The fraction of sp³-hybridized carbons (Fsp3) is 0. The predicted octanol–water partition coefficient (Wildman–Crippen LogP) is 3.13. The van der Waals surface area contributed by atoms with Crippen molar-refractivity contribution in [2.45, 2.75) is 0 Å². The molecule has 0 amide bonds. The van der Waals surface area contributed by atoms with E-state index in [1.54, 1.807) is 0 Å². The van der Waals surface area contributed by atoms with Crippen molar-refractivity contribution >= 4 is 23.3 Å². The zero-order valence-electron chi connectivity index (χ0n) is 9.82. The molecule has 8 heteroatoms. The van der Waals surface area contributed by atoms with Gasteiger partial charge in [-0.3, -0.25) is 10.1 Å². The Kier molecular flexibility index (Phi) is 3.81. The number of rotatable bonds is 4. The molecular weight excluding hydrogens is 288 g/mol. The Labute approximate surface area is 117 Å². The van der Waals surface area contributed by atoms with E-state index in [1.165, 1.54) is 36.5 Å². The van der Waals surface area contributed by atoms with E-state index in [-0.39, 0.29) is 27.9 Å². The van der Waals surface area contributed by atoms with E-state index in [4.69, 9.17) is 21.4 Å². The van der Waals surface area contributed by atoms with Gasteiger partial charge in [0.25, 0.3) is 5.69 Å². The van der Waals surface area contributed by atoms with Crippen molar-refractivity contribution in [1.29, 1.82) is 0 Å². The molecule has 1 heterocycles. The minimum atomic E-state index is -1.19. The first-order valence-corrected chi connectivity index (χ1v) is 5.67. The fourth-order valence-electron chi connectivity index (χ4n) is 1.45. The minimum Gasteiger partial charge on any atom is -0.477 e. The molecule has 0 aliphatic heterocycles. The van der Waals surface area contributed by atoms with Crippen LogP contribution in [0.2, 0.25) is 5.02 Å². The molecule has 0 spiro atoms. The number of hydrogen-bond donors (Lipinski definition) is 1. The van der Waals surface area contributed by atoms with Gasteiger partial charge >= 0.3 is 5.97 Å². The summed E-state index contributed by atoms with van der Waals surface area (Å²) in [6, 6.07) is 6.49. The van der Waals surface area contributed by atoms with Gasteiger partial charge in [-0.2, -0.15) is 0 Å². The number of ether oxygens (including phenoxy) is 1. The van der Waals surface area contributed by atoms with Gasteiger partial charge in [0.05, 0.1) is 4.92 Å². The first kappa shape index (κ1) is 13.8.